The second kappa shape index (κ2) is 4.44. The summed E-state index contributed by atoms with van der Waals surface area (Å²) in [6, 6.07) is 3.00. The van der Waals surface area contributed by atoms with E-state index in [0.717, 1.165) is 4.88 Å². The molecule has 2 rings (SSSR count). The summed E-state index contributed by atoms with van der Waals surface area (Å²) in [5.41, 5.74) is 0. The van der Waals surface area contributed by atoms with Gasteiger partial charge in [-0.2, -0.15) is 0 Å². The molecule has 0 bridgehead atoms. The number of hydrogen-bond donors (Lipinski definition) is 2. The van der Waals surface area contributed by atoms with Gasteiger partial charge in [-0.25, -0.2) is 0 Å². The van der Waals surface area contributed by atoms with Crippen LogP contribution in [0.5, 0.6) is 0 Å². The third-order valence-corrected chi connectivity index (χ3v) is 3.10. The van der Waals surface area contributed by atoms with Gasteiger partial charge in [0.1, 0.15) is 6.04 Å². The molecule has 6 heteroatoms. The molecule has 0 saturated carbocycles. The highest BCUT2D eigenvalue weighted by molar-refractivity contribution is 7.10. The molecule has 0 aliphatic carbocycles. The molecule has 1 atom stereocenters. The van der Waals surface area contributed by atoms with Crippen molar-refractivity contribution in [1.29, 1.82) is 0 Å². The van der Waals surface area contributed by atoms with Crippen molar-refractivity contribution in [2.45, 2.75) is 18.9 Å². The van der Waals surface area contributed by atoms with Crippen LogP contribution in [0.3, 0.4) is 0 Å². The SMILES string of the molecule is O=C1CC(NC(=O)Cc2cccs2)C(=O)N1. The number of nitrogens with one attached hydrogen (secondary N) is 2. The minimum atomic E-state index is -0.708. The Bertz CT molecular complexity index is 427. The molecule has 2 N–H and O–H groups in total. The molecule has 1 aliphatic heterocycles. The van der Waals surface area contributed by atoms with Crippen LogP contribution in [0.25, 0.3) is 0 Å². The average molecular weight is 238 g/mol. The van der Waals surface area contributed by atoms with Crippen LogP contribution >= 0.6 is 11.3 Å². The lowest BCUT2D eigenvalue weighted by Gasteiger charge is -2.07. The Morgan fingerprint density at radius 2 is 2.38 bits per heavy atom. The molecular formula is C10H10N2O3S. The van der Waals surface area contributed by atoms with Crippen molar-refractivity contribution in [3.63, 3.8) is 0 Å². The zero-order valence-corrected chi connectivity index (χ0v) is 9.17. The molecule has 0 spiro atoms. The summed E-state index contributed by atoms with van der Waals surface area (Å²) in [6.45, 7) is 0. The molecule has 5 nitrogen and oxygen atoms in total. The summed E-state index contributed by atoms with van der Waals surface area (Å²) in [6.07, 6.45) is 0.282. The highest BCUT2D eigenvalue weighted by Gasteiger charge is 2.31. The first-order valence-corrected chi connectivity index (χ1v) is 5.68. The predicted octanol–water partition coefficient (Wildman–Crippen LogP) is -0.178. The van der Waals surface area contributed by atoms with E-state index in [1.165, 1.54) is 11.3 Å². The third-order valence-electron chi connectivity index (χ3n) is 2.22. The predicted molar refractivity (Wildman–Crippen MR) is 57.7 cm³/mol. The maximum Gasteiger partial charge on any atom is 0.249 e. The van der Waals surface area contributed by atoms with Crippen molar-refractivity contribution in [3.05, 3.63) is 22.4 Å². The first-order chi connectivity index (χ1) is 7.65. The van der Waals surface area contributed by atoms with Crippen LogP contribution in [0, 0.1) is 0 Å². The van der Waals surface area contributed by atoms with Gasteiger partial charge in [-0.1, -0.05) is 6.07 Å². The minimum absolute atomic E-state index is 0.0367. The highest BCUT2D eigenvalue weighted by Crippen LogP contribution is 2.09. The molecule has 84 valence electrons. The Balaban J connectivity index is 1.88. The summed E-state index contributed by atoms with van der Waals surface area (Å²) in [5.74, 6) is -1.01. The molecule has 1 saturated heterocycles. The maximum atomic E-state index is 11.5. The third kappa shape index (κ3) is 2.46. The molecule has 0 radical (unpaired) electrons. The van der Waals surface area contributed by atoms with Gasteiger partial charge in [-0.05, 0) is 11.4 Å². The zero-order valence-electron chi connectivity index (χ0n) is 8.36. The smallest absolute Gasteiger partial charge is 0.249 e. The Kier molecular flexibility index (Phi) is 3.00. The van der Waals surface area contributed by atoms with E-state index in [4.69, 9.17) is 0 Å². The van der Waals surface area contributed by atoms with Gasteiger partial charge in [0.15, 0.2) is 0 Å². The van der Waals surface area contributed by atoms with Crippen molar-refractivity contribution >= 4 is 29.1 Å². The van der Waals surface area contributed by atoms with Gasteiger partial charge < -0.3 is 5.32 Å². The van der Waals surface area contributed by atoms with Gasteiger partial charge in [0.25, 0.3) is 0 Å². The van der Waals surface area contributed by atoms with E-state index >= 15 is 0 Å². The molecular weight excluding hydrogens is 228 g/mol. The normalized spacial score (nSPS) is 19.6. The number of carbonyl (C=O) groups excluding carboxylic acids is 3. The van der Waals surface area contributed by atoms with Crippen molar-refractivity contribution in [2.24, 2.45) is 0 Å². The largest absolute Gasteiger partial charge is 0.343 e. The fraction of sp³-hybridized carbons (Fsp3) is 0.300. The average Bonchev–Trinajstić information content (AvgIpc) is 2.78. The monoisotopic (exact) mass is 238 g/mol. The van der Waals surface area contributed by atoms with E-state index in [1.807, 2.05) is 17.5 Å². The van der Waals surface area contributed by atoms with Crippen LogP contribution in [-0.2, 0) is 20.8 Å². The topological polar surface area (TPSA) is 75.3 Å². The van der Waals surface area contributed by atoms with Crippen LogP contribution in [0.15, 0.2) is 17.5 Å². The molecule has 1 fully saturated rings. The Hall–Kier alpha value is -1.69. The number of amides is 3. The molecule has 2 heterocycles. The fourth-order valence-electron chi connectivity index (χ4n) is 1.49. The Labute approximate surface area is 95.8 Å². The summed E-state index contributed by atoms with van der Waals surface area (Å²) in [7, 11) is 0. The first kappa shape index (κ1) is 10.8. The quantitative estimate of drug-likeness (QED) is 0.717. The van der Waals surface area contributed by atoms with Gasteiger partial charge in [-0.3, -0.25) is 19.7 Å². The highest BCUT2D eigenvalue weighted by atomic mass is 32.1. The molecule has 1 unspecified atom stereocenters. The number of hydrogen-bond acceptors (Lipinski definition) is 4. The van der Waals surface area contributed by atoms with Gasteiger partial charge >= 0.3 is 0 Å². The molecule has 1 aromatic rings. The van der Waals surface area contributed by atoms with E-state index in [9.17, 15) is 14.4 Å². The van der Waals surface area contributed by atoms with E-state index in [2.05, 4.69) is 10.6 Å². The number of rotatable bonds is 3. The van der Waals surface area contributed by atoms with Gasteiger partial charge in [0, 0.05) is 4.88 Å². The summed E-state index contributed by atoms with van der Waals surface area (Å²) < 4.78 is 0. The van der Waals surface area contributed by atoms with Crippen molar-refractivity contribution < 1.29 is 14.4 Å². The van der Waals surface area contributed by atoms with E-state index < -0.39 is 11.9 Å². The molecule has 16 heavy (non-hydrogen) atoms. The van der Waals surface area contributed by atoms with Gasteiger partial charge in [-0.15, -0.1) is 11.3 Å². The molecule has 1 aromatic heterocycles. The summed E-state index contributed by atoms with van der Waals surface area (Å²) >= 11 is 1.48. The number of imide groups is 1. The zero-order chi connectivity index (χ0) is 11.5. The standard InChI is InChI=1S/C10H10N2O3S/c13-8(4-6-2-1-3-16-6)11-7-5-9(14)12-10(7)15/h1-3,7H,4-5H2,(H,11,13)(H,12,14,15). The van der Waals surface area contributed by atoms with Crippen LogP contribution in [0.1, 0.15) is 11.3 Å². The van der Waals surface area contributed by atoms with Crippen LogP contribution in [0.4, 0.5) is 0 Å². The van der Waals surface area contributed by atoms with Crippen LogP contribution < -0.4 is 10.6 Å². The second-order valence-corrected chi connectivity index (χ2v) is 4.53. The van der Waals surface area contributed by atoms with Crippen LogP contribution in [0.2, 0.25) is 0 Å². The van der Waals surface area contributed by atoms with Crippen LogP contribution in [-0.4, -0.2) is 23.8 Å². The Morgan fingerprint density at radius 1 is 1.56 bits per heavy atom. The minimum Gasteiger partial charge on any atom is -0.343 e. The first-order valence-electron chi connectivity index (χ1n) is 4.80. The lowest BCUT2D eigenvalue weighted by Crippen LogP contribution is -2.40. The molecule has 0 aromatic carbocycles. The van der Waals surface area contributed by atoms with E-state index in [1.54, 1.807) is 0 Å². The lowest BCUT2D eigenvalue weighted by molar-refractivity contribution is -0.128. The molecule has 3 amide bonds. The summed E-state index contributed by atoms with van der Waals surface area (Å²) in [4.78, 5) is 34.5. The number of thiophene rings is 1. The lowest BCUT2D eigenvalue weighted by atomic mass is 10.2. The maximum absolute atomic E-state index is 11.5. The van der Waals surface area contributed by atoms with Gasteiger partial charge in [0.2, 0.25) is 17.7 Å². The molecule has 1 aliphatic rings. The van der Waals surface area contributed by atoms with Crippen molar-refractivity contribution in [2.75, 3.05) is 0 Å². The van der Waals surface area contributed by atoms with E-state index in [0.29, 0.717) is 0 Å². The van der Waals surface area contributed by atoms with Crippen molar-refractivity contribution in [3.8, 4) is 0 Å². The van der Waals surface area contributed by atoms with Crippen molar-refractivity contribution in [1.82, 2.24) is 10.6 Å². The summed E-state index contributed by atoms with van der Waals surface area (Å²) in [5, 5.41) is 6.56. The number of carbonyl (C=O) groups is 3. The Morgan fingerprint density at radius 3 is 2.94 bits per heavy atom. The van der Waals surface area contributed by atoms with E-state index in [-0.39, 0.29) is 24.7 Å². The fourth-order valence-corrected chi connectivity index (χ4v) is 2.19. The second-order valence-electron chi connectivity index (χ2n) is 3.49. The van der Waals surface area contributed by atoms with Gasteiger partial charge in [0.05, 0.1) is 12.8 Å².